The Hall–Kier alpha value is -1.51. The lowest BCUT2D eigenvalue weighted by Crippen LogP contribution is -2.21. The maximum Gasteiger partial charge on any atom is 0.306 e. The largest absolute Gasteiger partial charge is 0.494 e. The van der Waals surface area contributed by atoms with Crippen LogP contribution in [-0.2, 0) is 4.79 Å². The molecular formula is C22H34O3. The summed E-state index contributed by atoms with van der Waals surface area (Å²) in [4.78, 5) is 11.2. The van der Waals surface area contributed by atoms with E-state index in [4.69, 9.17) is 4.74 Å². The molecule has 0 spiro atoms. The van der Waals surface area contributed by atoms with Crippen molar-refractivity contribution >= 4 is 5.97 Å². The van der Waals surface area contributed by atoms with Gasteiger partial charge in [-0.1, -0.05) is 64.0 Å². The third-order valence-corrected chi connectivity index (χ3v) is 5.39. The molecule has 3 heteroatoms. The average Bonchev–Trinajstić information content (AvgIpc) is 2.64. The molecule has 2 unspecified atom stereocenters. The molecule has 0 saturated heterocycles. The molecule has 2 rings (SSSR count). The molecule has 0 amide bonds. The molecule has 1 aliphatic carbocycles. The van der Waals surface area contributed by atoms with Crippen LogP contribution in [0.2, 0.25) is 0 Å². The van der Waals surface area contributed by atoms with Crippen LogP contribution in [0.1, 0.15) is 89.0 Å². The van der Waals surface area contributed by atoms with Crippen molar-refractivity contribution in [3.8, 4) is 5.75 Å². The summed E-state index contributed by atoms with van der Waals surface area (Å²) in [5.41, 5.74) is 1.26. The molecule has 1 aromatic rings. The standard InChI is InChI=1S/C22H34O3/c1-2-3-4-5-6-7-8-16-25-21-14-12-18(13-15-21)19-10-9-11-20(17-19)22(23)24/h12-15,19-20H,2-11,16-17H2,1H3,(H,23,24). The Morgan fingerprint density at radius 3 is 2.40 bits per heavy atom. The molecule has 3 nitrogen and oxygen atoms in total. The fourth-order valence-corrected chi connectivity index (χ4v) is 3.80. The molecule has 1 fully saturated rings. The quantitative estimate of drug-likeness (QED) is 0.487. The van der Waals surface area contributed by atoms with Crippen LogP contribution in [0.15, 0.2) is 24.3 Å². The molecule has 140 valence electrons. The highest BCUT2D eigenvalue weighted by Crippen LogP contribution is 2.36. The lowest BCUT2D eigenvalue weighted by Gasteiger charge is -2.27. The van der Waals surface area contributed by atoms with Crippen LogP contribution in [0.5, 0.6) is 5.75 Å². The predicted molar refractivity (Wildman–Crippen MR) is 102 cm³/mol. The van der Waals surface area contributed by atoms with Crippen LogP contribution in [-0.4, -0.2) is 17.7 Å². The molecule has 0 aromatic heterocycles. The summed E-state index contributed by atoms with van der Waals surface area (Å²) in [6.07, 6.45) is 12.8. The SMILES string of the molecule is CCCCCCCCCOc1ccc(C2CCCC(C(=O)O)C2)cc1. The lowest BCUT2D eigenvalue weighted by atomic mass is 9.78. The average molecular weight is 347 g/mol. The van der Waals surface area contributed by atoms with E-state index in [1.54, 1.807) is 0 Å². The van der Waals surface area contributed by atoms with Gasteiger partial charge in [-0.05, 0) is 49.3 Å². The Balaban J connectivity index is 1.67. The highest BCUT2D eigenvalue weighted by atomic mass is 16.5. The van der Waals surface area contributed by atoms with Crippen molar-refractivity contribution in [1.29, 1.82) is 0 Å². The van der Waals surface area contributed by atoms with Crippen molar-refractivity contribution in [2.75, 3.05) is 6.61 Å². The molecule has 25 heavy (non-hydrogen) atoms. The number of rotatable bonds is 11. The van der Waals surface area contributed by atoms with Gasteiger partial charge >= 0.3 is 5.97 Å². The van der Waals surface area contributed by atoms with E-state index in [1.165, 1.54) is 44.1 Å². The molecule has 1 N–H and O–H groups in total. The monoisotopic (exact) mass is 346 g/mol. The number of ether oxygens (including phenoxy) is 1. The van der Waals surface area contributed by atoms with Crippen molar-refractivity contribution in [3.05, 3.63) is 29.8 Å². The summed E-state index contributed by atoms with van der Waals surface area (Å²) in [7, 11) is 0. The Morgan fingerprint density at radius 2 is 1.72 bits per heavy atom. The van der Waals surface area contributed by atoms with Gasteiger partial charge in [-0.2, -0.15) is 0 Å². The van der Waals surface area contributed by atoms with E-state index in [0.717, 1.165) is 44.5 Å². The first-order valence-corrected chi connectivity index (χ1v) is 10.2. The smallest absolute Gasteiger partial charge is 0.306 e. The van der Waals surface area contributed by atoms with Crippen molar-refractivity contribution in [1.82, 2.24) is 0 Å². The highest BCUT2D eigenvalue weighted by Gasteiger charge is 2.27. The zero-order valence-electron chi connectivity index (χ0n) is 15.7. The zero-order valence-corrected chi connectivity index (χ0v) is 15.7. The van der Waals surface area contributed by atoms with Gasteiger partial charge < -0.3 is 9.84 Å². The first-order valence-electron chi connectivity index (χ1n) is 10.2. The van der Waals surface area contributed by atoms with Crippen LogP contribution in [0, 0.1) is 5.92 Å². The van der Waals surface area contributed by atoms with Gasteiger partial charge in [-0.3, -0.25) is 4.79 Å². The fraction of sp³-hybridized carbons (Fsp3) is 0.682. The predicted octanol–water partition coefficient (Wildman–Crippen LogP) is 6.17. The maximum absolute atomic E-state index is 11.2. The minimum atomic E-state index is -0.639. The summed E-state index contributed by atoms with van der Waals surface area (Å²) in [6, 6.07) is 8.33. The Bertz CT molecular complexity index is 494. The zero-order chi connectivity index (χ0) is 17.9. The molecule has 0 bridgehead atoms. The van der Waals surface area contributed by atoms with E-state index in [1.807, 2.05) is 12.1 Å². The Morgan fingerprint density at radius 1 is 1.04 bits per heavy atom. The van der Waals surface area contributed by atoms with Gasteiger partial charge in [-0.15, -0.1) is 0 Å². The van der Waals surface area contributed by atoms with E-state index >= 15 is 0 Å². The molecule has 2 atom stereocenters. The molecule has 0 aliphatic heterocycles. The van der Waals surface area contributed by atoms with Crippen LogP contribution >= 0.6 is 0 Å². The van der Waals surface area contributed by atoms with Crippen molar-refractivity contribution in [2.24, 2.45) is 5.92 Å². The molecule has 0 heterocycles. The Kier molecular flexibility index (Phi) is 8.85. The van der Waals surface area contributed by atoms with Crippen molar-refractivity contribution in [2.45, 2.75) is 83.5 Å². The van der Waals surface area contributed by atoms with Gasteiger partial charge in [0.1, 0.15) is 5.75 Å². The lowest BCUT2D eigenvalue weighted by molar-refractivity contribution is -0.142. The van der Waals surface area contributed by atoms with Crippen LogP contribution < -0.4 is 4.74 Å². The molecule has 1 aromatic carbocycles. The van der Waals surface area contributed by atoms with Crippen molar-refractivity contribution in [3.63, 3.8) is 0 Å². The summed E-state index contributed by atoms with van der Waals surface area (Å²) in [5.74, 6) is 0.499. The number of carbonyl (C=O) groups is 1. The van der Waals surface area contributed by atoms with Crippen LogP contribution in [0.3, 0.4) is 0 Å². The van der Waals surface area contributed by atoms with E-state index in [-0.39, 0.29) is 5.92 Å². The van der Waals surface area contributed by atoms with Crippen molar-refractivity contribution < 1.29 is 14.6 Å². The normalized spacial score (nSPS) is 20.4. The van der Waals surface area contributed by atoms with E-state index in [0.29, 0.717) is 5.92 Å². The van der Waals surface area contributed by atoms with Gasteiger partial charge in [0.05, 0.1) is 12.5 Å². The number of aliphatic carboxylic acids is 1. The second kappa shape index (κ2) is 11.2. The number of unbranched alkanes of at least 4 members (excludes halogenated alkanes) is 6. The minimum absolute atomic E-state index is 0.174. The number of hydrogen-bond donors (Lipinski definition) is 1. The number of benzene rings is 1. The van der Waals surface area contributed by atoms with E-state index in [9.17, 15) is 9.90 Å². The summed E-state index contributed by atoms with van der Waals surface area (Å²) in [6.45, 7) is 3.04. The molecular weight excluding hydrogens is 312 g/mol. The van der Waals surface area contributed by atoms with E-state index in [2.05, 4.69) is 19.1 Å². The number of carboxylic acids is 1. The van der Waals surface area contributed by atoms with Crippen LogP contribution in [0.25, 0.3) is 0 Å². The second-order valence-electron chi connectivity index (χ2n) is 7.44. The Labute approximate surface area is 152 Å². The number of hydrogen-bond acceptors (Lipinski definition) is 2. The third-order valence-electron chi connectivity index (χ3n) is 5.39. The van der Waals surface area contributed by atoms with Gasteiger partial charge in [0.15, 0.2) is 0 Å². The summed E-state index contributed by atoms with van der Waals surface area (Å²) < 4.78 is 5.84. The second-order valence-corrected chi connectivity index (χ2v) is 7.44. The minimum Gasteiger partial charge on any atom is -0.494 e. The topological polar surface area (TPSA) is 46.5 Å². The third kappa shape index (κ3) is 7.09. The first-order chi connectivity index (χ1) is 12.2. The van der Waals surface area contributed by atoms with Gasteiger partial charge in [0, 0.05) is 0 Å². The van der Waals surface area contributed by atoms with Crippen LogP contribution in [0.4, 0.5) is 0 Å². The first kappa shape index (κ1) is 19.8. The molecule has 0 radical (unpaired) electrons. The summed E-state index contributed by atoms with van der Waals surface area (Å²) in [5, 5.41) is 9.23. The van der Waals surface area contributed by atoms with Gasteiger partial charge in [0.25, 0.3) is 0 Å². The van der Waals surface area contributed by atoms with Gasteiger partial charge in [0.2, 0.25) is 0 Å². The fourth-order valence-electron chi connectivity index (χ4n) is 3.80. The maximum atomic E-state index is 11.2. The molecule has 1 aliphatic rings. The molecule has 1 saturated carbocycles. The summed E-state index contributed by atoms with van der Waals surface area (Å²) >= 11 is 0. The highest BCUT2D eigenvalue weighted by molar-refractivity contribution is 5.70. The van der Waals surface area contributed by atoms with E-state index < -0.39 is 5.97 Å². The number of carboxylic acid groups (broad SMARTS) is 1. The van der Waals surface area contributed by atoms with Gasteiger partial charge in [-0.25, -0.2) is 0 Å².